The Balaban J connectivity index is 3.14. The van der Waals surface area contributed by atoms with Crippen molar-refractivity contribution in [1.29, 1.82) is 0 Å². The number of hydrogen-bond acceptors (Lipinski definition) is 2. The van der Waals surface area contributed by atoms with Crippen LogP contribution in [0, 0.1) is 0 Å². The average molecular weight is 247 g/mol. The Hall–Kier alpha value is -1.23. The van der Waals surface area contributed by atoms with Crippen LogP contribution in [0.25, 0.3) is 0 Å². The number of hydrogen-bond donors (Lipinski definition) is 1. The van der Waals surface area contributed by atoms with E-state index in [1.807, 2.05) is 6.92 Å². The molecular formula is C12H16F3NO. The smallest absolute Gasteiger partial charge is 0.416 e. The fourth-order valence-electron chi connectivity index (χ4n) is 1.60. The van der Waals surface area contributed by atoms with Gasteiger partial charge in [0.2, 0.25) is 0 Å². The fraction of sp³-hybridized carbons (Fsp3) is 0.500. The van der Waals surface area contributed by atoms with Crippen LogP contribution in [0.5, 0.6) is 5.75 Å². The van der Waals surface area contributed by atoms with Crippen LogP contribution in [0.2, 0.25) is 0 Å². The van der Waals surface area contributed by atoms with Gasteiger partial charge in [0.1, 0.15) is 5.75 Å². The third-order valence-corrected chi connectivity index (χ3v) is 2.66. The highest BCUT2D eigenvalue weighted by Crippen LogP contribution is 2.34. The molecule has 0 radical (unpaired) electrons. The highest BCUT2D eigenvalue weighted by molar-refractivity contribution is 5.37. The molecular weight excluding hydrogens is 231 g/mol. The number of methoxy groups -OCH3 is 1. The van der Waals surface area contributed by atoms with E-state index in [1.165, 1.54) is 7.11 Å². The second-order valence-electron chi connectivity index (χ2n) is 3.97. The topological polar surface area (TPSA) is 35.2 Å². The molecule has 2 N–H and O–H groups in total. The van der Waals surface area contributed by atoms with E-state index in [0.717, 1.165) is 12.1 Å². The summed E-state index contributed by atoms with van der Waals surface area (Å²) >= 11 is 0. The van der Waals surface area contributed by atoms with Gasteiger partial charge in [0.15, 0.2) is 0 Å². The second-order valence-corrected chi connectivity index (χ2v) is 3.97. The molecule has 1 aromatic carbocycles. The predicted octanol–water partition coefficient (Wildman–Crippen LogP) is 3.17. The third kappa shape index (κ3) is 3.63. The van der Waals surface area contributed by atoms with Gasteiger partial charge in [-0.25, -0.2) is 0 Å². The minimum absolute atomic E-state index is 0.0174. The van der Waals surface area contributed by atoms with Crippen LogP contribution in [0.15, 0.2) is 18.2 Å². The van der Waals surface area contributed by atoms with E-state index >= 15 is 0 Å². The van der Waals surface area contributed by atoms with Gasteiger partial charge in [-0.2, -0.15) is 13.2 Å². The van der Waals surface area contributed by atoms with Crippen molar-refractivity contribution < 1.29 is 17.9 Å². The lowest BCUT2D eigenvalue weighted by molar-refractivity contribution is -0.137. The Kier molecular flexibility index (Phi) is 4.40. The molecule has 0 amide bonds. The molecule has 1 unspecified atom stereocenters. The Labute approximate surface area is 98.6 Å². The van der Waals surface area contributed by atoms with Gasteiger partial charge in [0.25, 0.3) is 0 Å². The molecule has 0 fully saturated rings. The number of nitrogens with two attached hydrogens (primary N) is 1. The summed E-state index contributed by atoms with van der Waals surface area (Å²) in [7, 11) is 1.35. The number of halogens is 3. The van der Waals surface area contributed by atoms with Gasteiger partial charge >= 0.3 is 6.18 Å². The molecule has 0 spiro atoms. The number of rotatable bonds is 4. The lowest BCUT2D eigenvalue weighted by Crippen LogP contribution is -2.09. The maximum Gasteiger partial charge on any atom is 0.416 e. The lowest BCUT2D eigenvalue weighted by Gasteiger charge is -2.15. The van der Waals surface area contributed by atoms with Crippen molar-refractivity contribution in [3.63, 3.8) is 0 Å². The van der Waals surface area contributed by atoms with Gasteiger partial charge in [-0.15, -0.1) is 0 Å². The standard InChI is InChI=1S/C12H16F3NO/c1-8(3-4-16)9-5-10(12(13,14)15)7-11(6-9)17-2/h5-8H,3-4,16H2,1-2H3. The Morgan fingerprint density at radius 1 is 1.29 bits per heavy atom. The molecule has 0 aromatic heterocycles. The summed E-state index contributed by atoms with van der Waals surface area (Å²) in [6.45, 7) is 2.29. The van der Waals surface area contributed by atoms with Gasteiger partial charge in [0, 0.05) is 0 Å². The van der Waals surface area contributed by atoms with E-state index in [4.69, 9.17) is 10.5 Å². The molecule has 0 aliphatic heterocycles. The highest BCUT2D eigenvalue weighted by Gasteiger charge is 2.31. The number of benzene rings is 1. The van der Waals surface area contributed by atoms with Crippen LogP contribution < -0.4 is 10.5 Å². The summed E-state index contributed by atoms with van der Waals surface area (Å²) in [5, 5.41) is 0. The first-order valence-corrected chi connectivity index (χ1v) is 5.34. The Morgan fingerprint density at radius 2 is 1.94 bits per heavy atom. The molecule has 1 aromatic rings. The molecule has 17 heavy (non-hydrogen) atoms. The van der Waals surface area contributed by atoms with Crippen molar-refractivity contribution in [2.75, 3.05) is 13.7 Å². The summed E-state index contributed by atoms with van der Waals surface area (Å²) in [5.41, 5.74) is 5.32. The fourth-order valence-corrected chi connectivity index (χ4v) is 1.60. The zero-order valence-corrected chi connectivity index (χ0v) is 9.84. The monoisotopic (exact) mass is 247 g/mol. The van der Waals surface area contributed by atoms with Crippen molar-refractivity contribution in [3.05, 3.63) is 29.3 Å². The summed E-state index contributed by atoms with van der Waals surface area (Å²) in [4.78, 5) is 0. The van der Waals surface area contributed by atoms with Crippen LogP contribution in [-0.4, -0.2) is 13.7 Å². The maximum atomic E-state index is 12.7. The average Bonchev–Trinajstić information content (AvgIpc) is 2.27. The number of ether oxygens (including phenoxy) is 1. The van der Waals surface area contributed by atoms with Gasteiger partial charge in [-0.3, -0.25) is 0 Å². The minimum Gasteiger partial charge on any atom is -0.497 e. The minimum atomic E-state index is -4.36. The normalized spacial score (nSPS) is 13.5. The predicted molar refractivity (Wildman–Crippen MR) is 60.1 cm³/mol. The molecule has 0 saturated heterocycles. The zero-order valence-electron chi connectivity index (χ0n) is 9.84. The van der Waals surface area contributed by atoms with Crippen molar-refractivity contribution in [2.45, 2.75) is 25.4 Å². The van der Waals surface area contributed by atoms with Crippen molar-refractivity contribution in [2.24, 2.45) is 5.73 Å². The summed E-state index contributed by atoms with van der Waals surface area (Å²) in [6, 6.07) is 3.77. The lowest BCUT2D eigenvalue weighted by atomic mass is 9.95. The first-order chi connectivity index (χ1) is 7.88. The molecule has 2 nitrogen and oxygen atoms in total. The van der Waals surface area contributed by atoms with E-state index in [-0.39, 0.29) is 11.7 Å². The summed E-state index contributed by atoms with van der Waals surface area (Å²) in [6.07, 6.45) is -3.71. The molecule has 1 rings (SSSR count). The van der Waals surface area contributed by atoms with Gasteiger partial charge < -0.3 is 10.5 Å². The second kappa shape index (κ2) is 5.40. The Bertz CT molecular complexity index is 377. The summed E-state index contributed by atoms with van der Waals surface area (Å²) in [5.74, 6) is 0.204. The van der Waals surface area contributed by atoms with Crippen LogP contribution in [0.1, 0.15) is 30.4 Å². The quantitative estimate of drug-likeness (QED) is 0.887. The van der Waals surface area contributed by atoms with Crippen LogP contribution >= 0.6 is 0 Å². The first-order valence-electron chi connectivity index (χ1n) is 5.34. The van der Waals surface area contributed by atoms with E-state index in [2.05, 4.69) is 0 Å². The Morgan fingerprint density at radius 3 is 2.41 bits per heavy atom. The van der Waals surface area contributed by atoms with Crippen molar-refractivity contribution in [3.8, 4) is 5.75 Å². The largest absolute Gasteiger partial charge is 0.497 e. The van der Waals surface area contributed by atoms with Crippen LogP contribution in [0.3, 0.4) is 0 Å². The number of alkyl halides is 3. The molecule has 1 atom stereocenters. The molecule has 0 aliphatic rings. The molecule has 0 heterocycles. The molecule has 96 valence electrons. The van der Waals surface area contributed by atoms with E-state index in [0.29, 0.717) is 18.5 Å². The van der Waals surface area contributed by atoms with Gasteiger partial charge in [-0.1, -0.05) is 6.92 Å². The molecule has 0 aliphatic carbocycles. The zero-order chi connectivity index (χ0) is 13.1. The van der Waals surface area contributed by atoms with Gasteiger partial charge in [0.05, 0.1) is 12.7 Å². The van der Waals surface area contributed by atoms with Crippen LogP contribution in [0.4, 0.5) is 13.2 Å². The first kappa shape index (κ1) is 13.8. The summed E-state index contributed by atoms with van der Waals surface area (Å²) < 4.78 is 42.8. The van der Waals surface area contributed by atoms with E-state index in [9.17, 15) is 13.2 Å². The molecule has 0 saturated carbocycles. The van der Waals surface area contributed by atoms with Crippen molar-refractivity contribution in [1.82, 2.24) is 0 Å². The highest BCUT2D eigenvalue weighted by atomic mass is 19.4. The van der Waals surface area contributed by atoms with E-state index in [1.54, 1.807) is 6.07 Å². The third-order valence-electron chi connectivity index (χ3n) is 2.66. The molecule has 0 bridgehead atoms. The molecule has 5 heteroatoms. The van der Waals surface area contributed by atoms with Crippen molar-refractivity contribution >= 4 is 0 Å². The van der Waals surface area contributed by atoms with E-state index < -0.39 is 11.7 Å². The van der Waals surface area contributed by atoms with Crippen LogP contribution in [-0.2, 0) is 6.18 Å². The SMILES string of the molecule is COc1cc(C(C)CCN)cc(C(F)(F)F)c1. The van der Waals surface area contributed by atoms with Gasteiger partial charge in [-0.05, 0) is 42.6 Å². The maximum absolute atomic E-state index is 12.7.